The van der Waals surface area contributed by atoms with Crippen LogP contribution in [0.15, 0.2) is 54.6 Å². The molecule has 1 saturated heterocycles. The zero-order chi connectivity index (χ0) is 19.2. The molecule has 0 radical (unpaired) electrons. The Balaban J connectivity index is 1.47. The van der Waals surface area contributed by atoms with E-state index in [-0.39, 0.29) is 11.8 Å². The number of anilines is 2. The summed E-state index contributed by atoms with van der Waals surface area (Å²) in [5.41, 5.74) is 3.20. The molecule has 1 saturated carbocycles. The second kappa shape index (κ2) is 9.24. The number of nitrogens with zero attached hydrogens (tertiary/aromatic N) is 1. The normalized spacial score (nSPS) is 19.2. The Morgan fingerprint density at radius 2 is 1.61 bits per heavy atom. The third kappa shape index (κ3) is 4.56. The van der Waals surface area contributed by atoms with Gasteiger partial charge in [-0.1, -0.05) is 49.6 Å². The van der Waals surface area contributed by atoms with Crippen LogP contribution in [0, 0.1) is 5.92 Å². The van der Waals surface area contributed by atoms with Gasteiger partial charge in [0.05, 0.1) is 19.1 Å². The second-order valence-corrected chi connectivity index (χ2v) is 7.92. The van der Waals surface area contributed by atoms with E-state index in [1.54, 1.807) is 0 Å². The molecular weight excluding hydrogens is 348 g/mol. The van der Waals surface area contributed by atoms with E-state index in [1.807, 2.05) is 30.3 Å². The van der Waals surface area contributed by atoms with Crippen molar-refractivity contribution >= 4 is 17.3 Å². The standard InChI is InChI=1S/C24H30N2O2/c27-24(23(19-7-3-1-4-8-19)20-9-5-2-6-10-20)25-21-11-13-22(14-12-21)26-15-17-28-18-16-26/h1,3-4,7-8,11-14,20,23H,2,5-6,9-10,15-18H2,(H,25,27)/t23-/m1/s1. The molecule has 4 rings (SSSR count). The van der Waals surface area contributed by atoms with Crippen molar-refractivity contribution in [3.8, 4) is 0 Å². The molecule has 2 aliphatic rings. The van der Waals surface area contributed by atoms with Gasteiger partial charge in [-0.05, 0) is 48.6 Å². The van der Waals surface area contributed by atoms with Gasteiger partial charge in [0.15, 0.2) is 0 Å². The number of nitrogens with one attached hydrogen (secondary N) is 1. The summed E-state index contributed by atoms with van der Waals surface area (Å²) in [6, 6.07) is 18.5. The van der Waals surface area contributed by atoms with Gasteiger partial charge in [0, 0.05) is 24.5 Å². The van der Waals surface area contributed by atoms with Gasteiger partial charge in [0.2, 0.25) is 5.91 Å². The number of amides is 1. The molecule has 1 atom stereocenters. The van der Waals surface area contributed by atoms with Crippen molar-refractivity contribution in [2.24, 2.45) is 5.92 Å². The quantitative estimate of drug-likeness (QED) is 0.810. The topological polar surface area (TPSA) is 41.6 Å². The number of morpholine rings is 1. The molecule has 0 aromatic heterocycles. The summed E-state index contributed by atoms with van der Waals surface area (Å²) in [5.74, 6) is 0.487. The maximum atomic E-state index is 13.3. The van der Waals surface area contributed by atoms with Crippen molar-refractivity contribution in [2.75, 3.05) is 36.5 Å². The highest BCUT2D eigenvalue weighted by Gasteiger charge is 2.31. The molecule has 1 amide bonds. The first kappa shape index (κ1) is 19.0. The first-order valence-electron chi connectivity index (χ1n) is 10.6. The predicted molar refractivity (Wildman–Crippen MR) is 114 cm³/mol. The van der Waals surface area contributed by atoms with Gasteiger partial charge in [0.25, 0.3) is 0 Å². The lowest BCUT2D eigenvalue weighted by Crippen LogP contribution is -2.36. The average molecular weight is 379 g/mol. The van der Waals surface area contributed by atoms with Crippen LogP contribution in [0.1, 0.15) is 43.6 Å². The van der Waals surface area contributed by atoms with Crippen LogP contribution in [-0.4, -0.2) is 32.2 Å². The van der Waals surface area contributed by atoms with Crippen molar-refractivity contribution in [1.82, 2.24) is 0 Å². The number of carbonyl (C=O) groups is 1. The Labute approximate surface area is 167 Å². The number of hydrogen-bond acceptors (Lipinski definition) is 3. The fourth-order valence-corrected chi connectivity index (χ4v) is 4.56. The van der Waals surface area contributed by atoms with E-state index in [0.717, 1.165) is 50.4 Å². The van der Waals surface area contributed by atoms with Crippen LogP contribution >= 0.6 is 0 Å². The first-order valence-corrected chi connectivity index (χ1v) is 10.6. The Morgan fingerprint density at radius 3 is 2.29 bits per heavy atom. The highest BCUT2D eigenvalue weighted by Crippen LogP contribution is 2.37. The van der Waals surface area contributed by atoms with Gasteiger partial charge in [-0.3, -0.25) is 4.79 Å². The predicted octanol–water partition coefficient (Wildman–Crippen LogP) is 4.83. The summed E-state index contributed by atoms with van der Waals surface area (Å²) < 4.78 is 5.42. The Bertz CT molecular complexity index is 748. The third-order valence-electron chi connectivity index (χ3n) is 6.07. The number of hydrogen-bond donors (Lipinski definition) is 1. The lowest BCUT2D eigenvalue weighted by Gasteiger charge is -2.30. The molecule has 1 heterocycles. The lowest BCUT2D eigenvalue weighted by molar-refractivity contribution is -0.119. The van der Waals surface area contributed by atoms with E-state index < -0.39 is 0 Å². The number of benzene rings is 2. The van der Waals surface area contributed by atoms with Gasteiger partial charge < -0.3 is 15.0 Å². The summed E-state index contributed by atoms with van der Waals surface area (Å²) in [6.45, 7) is 3.39. The molecule has 1 N–H and O–H groups in total. The highest BCUT2D eigenvalue weighted by molar-refractivity contribution is 5.96. The van der Waals surface area contributed by atoms with Crippen LogP contribution in [0.4, 0.5) is 11.4 Å². The Morgan fingerprint density at radius 1 is 0.929 bits per heavy atom. The van der Waals surface area contributed by atoms with Gasteiger partial charge in [0.1, 0.15) is 0 Å². The van der Waals surface area contributed by atoms with Gasteiger partial charge >= 0.3 is 0 Å². The zero-order valence-electron chi connectivity index (χ0n) is 16.5. The van der Waals surface area contributed by atoms with Gasteiger partial charge in [-0.25, -0.2) is 0 Å². The maximum Gasteiger partial charge on any atom is 0.232 e. The number of ether oxygens (including phenoxy) is 1. The summed E-state index contributed by atoms with van der Waals surface area (Å²) in [4.78, 5) is 15.6. The molecule has 0 spiro atoms. The van der Waals surface area contributed by atoms with Crippen LogP contribution in [-0.2, 0) is 9.53 Å². The minimum Gasteiger partial charge on any atom is -0.378 e. The minimum absolute atomic E-state index is 0.0691. The summed E-state index contributed by atoms with van der Waals surface area (Å²) in [6.07, 6.45) is 6.04. The highest BCUT2D eigenvalue weighted by atomic mass is 16.5. The molecular formula is C24H30N2O2. The van der Waals surface area contributed by atoms with Crippen molar-refractivity contribution in [3.05, 3.63) is 60.2 Å². The molecule has 148 valence electrons. The van der Waals surface area contributed by atoms with E-state index in [1.165, 1.54) is 24.9 Å². The van der Waals surface area contributed by atoms with Gasteiger partial charge in [-0.15, -0.1) is 0 Å². The molecule has 4 heteroatoms. The maximum absolute atomic E-state index is 13.3. The van der Waals surface area contributed by atoms with Gasteiger partial charge in [-0.2, -0.15) is 0 Å². The molecule has 2 aromatic rings. The fraction of sp³-hybridized carbons (Fsp3) is 0.458. The van der Waals surface area contributed by atoms with Crippen molar-refractivity contribution in [3.63, 3.8) is 0 Å². The van der Waals surface area contributed by atoms with Crippen molar-refractivity contribution in [2.45, 2.75) is 38.0 Å². The van der Waals surface area contributed by atoms with E-state index in [9.17, 15) is 4.79 Å². The third-order valence-corrected chi connectivity index (χ3v) is 6.07. The number of rotatable bonds is 5. The van der Waals surface area contributed by atoms with E-state index >= 15 is 0 Å². The molecule has 2 aromatic carbocycles. The summed E-state index contributed by atoms with van der Waals surface area (Å²) >= 11 is 0. The van der Waals surface area contributed by atoms with E-state index in [2.05, 4.69) is 34.5 Å². The van der Waals surface area contributed by atoms with Crippen LogP contribution in [0.5, 0.6) is 0 Å². The molecule has 1 aliphatic carbocycles. The molecule has 0 bridgehead atoms. The molecule has 4 nitrogen and oxygen atoms in total. The minimum atomic E-state index is -0.0691. The van der Waals surface area contributed by atoms with Crippen LogP contribution in [0.3, 0.4) is 0 Å². The first-order chi connectivity index (χ1) is 13.8. The van der Waals surface area contributed by atoms with E-state index in [0.29, 0.717) is 5.92 Å². The largest absolute Gasteiger partial charge is 0.378 e. The monoisotopic (exact) mass is 378 g/mol. The van der Waals surface area contributed by atoms with Crippen molar-refractivity contribution < 1.29 is 9.53 Å². The lowest BCUT2D eigenvalue weighted by atomic mass is 9.76. The Kier molecular flexibility index (Phi) is 6.27. The zero-order valence-corrected chi connectivity index (χ0v) is 16.5. The van der Waals surface area contributed by atoms with E-state index in [4.69, 9.17) is 4.74 Å². The SMILES string of the molecule is O=C(Nc1ccc(N2CCOCC2)cc1)[C@H](c1ccccc1)C1CCCCC1. The molecule has 2 fully saturated rings. The molecule has 1 aliphatic heterocycles. The molecule has 28 heavy (non-hydrogen) atoms. The van der Waals surface area contributed by atoms with Crippen LogP contribution in [0.2, 0.25) is 0 Å². The smallest absolute Gasteiger partial charge is 0.232 e. The fourth-order valence-electron chi connectivity index (χ4n) is 4.56. The van der Waals surface area contributed by atoms with Crippen LogP contribution in [0.25, 0.3) is 0 Å². The number of carbonyl (C=O) groups excluding carboxylic acids is 1. The second-order valence-electron chi connectivity index (χ2n) is 7.92. The van der Waals surface area contributed by atoms with Crippen LogP contribution < -0.4 is 10.2 Å². The van der Waals surface area contributed by atoms with Crippen molar-refractivity contribution in [1.29, 1.82) is 0 Å². The Hall–Kier alpha value is -2.33. The molecule has 0 unspecified atom stereocenters. The summed E-state index contributed by atoms with van der Waals surface area (Å²) in [7, 11) is 0. The summed E-state index contributed by atoms with van der Waals surface area (Å²) in [5, 5.41) is 3.19. The average Bonchev–Trinajstić information content (AvgIpc) is 2.77.